The molecule has 0 aliphatic carbocycles. The normalized spacial score (nSPS) is 12.1. The Balaban J connectivity index is 3.21. The van der Waals surface area contributed by atoms with Gasteiger partial charge in [0.05, 0.1) is 5.56 Å². The molecule has 1 atom stereocenters. The fourth-order valence-corrected chi connectivity index (χ4v) is 1.92. The number of aromatic hydroxyl groups is 1. The Morgan fingerprint density at radius 3 is 2.73 bits per heavy atom. The first kappa shape index (κ1) is 12.0. The number of halogens is 1. The van der Waals surface area contributed by atoms with E-state index in [-0.39, 0.29) is 17.9 Å². The highest BCUT2D eigenvalue weighted by Gasteiger charge is 2.17. The quantitative estimate of drug-likeness (QED) is 0.775. The number of phenolic OH excluding ortho intramolecular Hbond substituents is 1. The summed E-state index contributed by atoms with van der Waals surface area (Å²) in [5.74, 6) is -0.118. The molecular formula is C10H11BrN2O2. The Labute approximate surface area is 96.1 Å². The van der Waals surface area contributed by atoms with E-state index in [2.05, 4.69) is 15.9 Å². The third-order valence-corrected chi connectivity index (χ3v) is 2.79. The second-order valence-electron chi connectivity index (χ2n) is 3.09. The van der Waals surface area contributed by atoms with Crippen LogP contribution in [-0.4, -0.2) is 16.8 Å². The molecular weight excluding hydrogens is 260 g/mol. The third-order valence-electron chi connectivity index (χ3n) is 2.10. The molecule has 1 rings (SSSR count). The van der Waals surface area contributed by atoms with Crippen molar-refractivity contribution in [1.29, 1.82) is 5.26 Å². The monoisotopic (exact) mass is 270 g/mol. The predicted molar refractivity (Wildman–Crippen MR) is 59.2 cm³/mol. The van der Waals surface area contributed by atoms with Crippen LogP contribution in [0.4, 0.5) is 0 Å². The number of hydrogen-bond acceptors (Lipinski definition) is 4. The first-order valence-corrected chi connectivity index (χ1v) is 5.19. The minimum atomic E-state index is -0.488. The van der Waals surface area contributed by atoms with E-state index < -0.39 is 6.04 Å². The molecule has 0 unspecified atom stereocenters. The van der Waals surface area contributed by atoms with Crippen LogP contribution in [0.1, 0.15) is 23.6 Å². The van der Waals surface area contributed by atoms with Gasteiger partial charge in [-0.05, 0) is 18.6 Å². The summed E-state index contributed by atoms with van der Waals surface area (Å²) in [6, 6.07) is 4.55. The summed E-state index contributed by atoms with van der Waals surface area (Å²) in [6.07, 6.45) is 0.334. The molecule has 1 aromatic carbocycles. The van der Waals surface area contributed by atoms with Gasteiger partial charge in [0.1, 0.15) is 11.8 Å². The fraction of sp³-hybridized carbons (Fsp3) is 0.300. The summed E-state index contributed by atoms with van der Waals surface area (Å²) in [5.41, 5.74) is 6.41. The average Bonchev–Trinajstić information content (AvgIpc) is 2.18. The summed E-state index contributed by atoms with van der Waals surface area (Å²) in [6.45, 7) is -0.0656. The summed E-state index contributed by atoms with van der Waals surface area (Å²) in [7, 11) is 0. The topological polar surface area (TPSA) is 90.3 Å². The van der Waals surface area contributed by atoms with Crippen molar-refractivity contribution in [3.63, 3.8) is 0 Å². The maximum Gasteiger partial charge on any atom is 0.139 e. The highest BCUT2D eigenvalue weighted by molar-refractivity contribution is 9.10. The van der Waals surface area contributed by atoms with Crippen molar-refractivity contribution in [3.05, 3.63) is 27.7 Å². The molecule has 4 nitrogen and oxygen atoms in total. The van der Waals surface area contributed by atoms with Crippen LogP contribution in [0.2, 0.25) is 0 Å². The molecule has 15 heavy (non-hydrogen) atoms. The number of nitrogens with two attached hydrogens (primary N) is 1. The van der Waals surface area contributed by atoms with E-state index in [0.29, 0.717) is 16.5 Å². The number of nitriles is 1. The number of phenols is 1. The fourth-order valence-electron chi connectivity index (χ4n) is 1.31. The van der Waals surface area contributed by atoms with Gasteiger partial charge in [-0.3, -0.25) is 0 Å². The minimum absolute atomic E-state index is 0.0656. The second-order valence-corrected chi connectivity index (χ2v) is 3.94. The lowest BCUT2D eigenvalue weighted by Crippen LogP contribution is -2.13. The maximum absolute atomic E-state index is 9.75. The van der Waals surface area contributed by atoms with E-state index in [1.54, 1.807) is 6.07 Å². The summed E-state index contributed by atoms with van der Waals surface area (Å²) in [4.78, 5) is 0. The number of benzene rings is 1. The Hall–Kier alpha value is -1.09. The Kier molecular flexibility index (Phi) is 4.09. The van der Waals surface area contributed by atoms with Gasteiger partial charge < -0.3 is 15.9 Å². The largest absolute Gasteiger partial charge is 0.506 e. The smallest absolute Gasteiger partial charge is 0.139 e. The van der Waals surface area contributed by atoms with Crippen molar-refractivity contribution in [1.82, 2.24) is 0 Å². The van der Waals surface area contributed by atoms with Crippen molar-refractivity contribution in [2.45, 2.75) is 12.5 Å². The van der Waals surface area contributed by atoms with Crippen molar-refractivity contribution in [2.75, 3.05) is 6.61 Å². The molecule has 0 aromatic heterocycles. The zero-order chi connectivity index (χ0) is 11.4. The Bertz CT molecular complexity index is 401. The lowest BCUT2D eigenvalue weighted by Gasteiger charge is -2.14. The van der Waals surface area contributed by atoms with E-state index in [9.17, 15) is 5.11 Å². The van der Waals surface area contributed by atoms with Crippen LogP contribution in [0.3, 0.4) is 0 Å². The third kappa shape index (κ3) is 2.48. The van der Waals surface area contributed by atoms with Gasteiger partial charge in [-0.25, -0.2) is 0 Å². The van der Waals surface area contributed by atoms with Crippen LogP contribution in [0.25, 0.3) is 0 Å². The molecule has 0 bridgehead atoms. The minimum Gasteiger partial charge on any atom is -0.506 e. The van der Waals surface area contributed by atoms with Crippen molar-refractivity contribution in [3.8, 4) is 11.8 Å². The Morgan fingerprint density at radius 1 is 1.53 bits per heavy atom. The maximum atomic E-state index is 9.75. The van der Waals surface area contributed by atoms with E-state index in [1.807, 2.05) is 6.07 Å². The summed E-state index contributed by atoms with van der Waals surface area (Å²) < 4.78 is 0.639. The highest BCUT2D eigenvalue weighted by Crippen LogP contribution is 2.34. The van der Waals surface area contributed by atoms with Crippen LogP contribution >= 0.6 is 15.9 Å². The zero-order valence-corrected chi connectivity index (χ0v) is 9.53. The predicted octanol–water partition coefficient (Wildman–Crippen LogP) is 1.41. The van der Waals surface area contributed by atoms with E-state index in [4.69, 9.17) is 16.1 Å². The van der Waals surface area contributed by atoms with E-state index in [0.717, 1.165) is 0 Å². The van der Waals surface area contributed by atoms with E-state index in [1.165, 1.54) is 6.07 Å². The molecule has 80 valence electrons. The van der Waals surface area contributed by atoms with Gasteiger partial charge >= 0.3 is 0 Å². The first-order valence-electron chi connectivity index (χ1n) is 4.39. The summed E-state index contributed by atoms with van der Waals surface area (Å²) in [5, 5.41) is 27.2. The number of rotatable bonds is 3. The molecule has 0 radical (unpaired) electrons. The Morgan fingerprint density at radius 2 is 2.20 bits per heavy atom. The molecule has 0 aliphatic heterocycles. The van der Waals surface area contributed by atoms with E-state index >= 15 is 0 Å². The van der Waals surface area contributed by atoms with Gasteiger partial charge in [0.25, 0.3) is 0 Å². The van der Waals surface area contributed by atoms with Gasteiger partial charge in [-0.15, -0.1) is 0 Å². The van der Waals surface area contributed by atoms with Gasteiger partial charge in [0.2, 0.25) is 0 Å². The average molecular weight is 271 g/mol. The van der Waals surface area contributed by atoms with Gasteiger partial charge in [-0.2, -0.15) is 5.26 Å². The van der Waals surface area contributed by atoms with Crippen LogP contribution in [0, 0.1) is 11.3 Å². The highest BCUT2D eigenvalue weighted by atomic mass is 79.9. The van der Waals surface area contributed by atoms with Crippen LogP contribution in [-0.2, 0) is 0 Å². The molecule has 4 N–H and O–H groups in total. The molecule has 5 heteroatoms. The van der Waals surface area contributed by atoms with Crippen molar-refractivity contribution >= 4 is 15.9 Å². The van der Waals surface area contributed by atoms with Crippen LogP contribution in [0.15, 0.2) is 16.6 Å². The standard InChI is InChI=1S/C10H11BrN2O2/c11-7-2-1-6(5-12)10(15)9(7)8(13)3-4-14/h1-2,8,14-15H,3-4,13H2/t8-/m1/s1. The molecule has 0 fully saturated rings. The number of aliphatic hydroxyl groups excluding tert-OH is 1. The zero-order valence-electron chi connectivity index (χ0n) is 7.94. The molecule has 0 aliphatic rings. The lowest BCUT2D eigenvalue weighted by atomic mass is 10.0. The van der Waals surface area contributed by atoms with Crippen molar-refractivity contribution < 1.29 is 10.2 Å². The van der Waals surface area contributed by atoms with Gasteiger partial charge in [-0.1, -0.05) is 15.9 Å². The SMILES string of the molecule is N#Cc1ccc(Br)c([C@H](N)CCO)c1O. The second kappa shape index (κ2) is 5.12. The lowest BCUT2D eigenvalue weighted by molar-refractivity contribution is 0.275. The number of hydrogen-bond donors (Lipinski definition) is 3. The molecule has 0 saturated heterocycles. The number of aliphatic hydroxyl groups is 1. The molecule has 0 spiro atoms. The van der Waals surface area contributed by atoms with Gasteiger partial charge in [0, 0.05) is 22.7 Å². The molecule has 0 amide bonds. The van der Waals surface area contributed by atoms with Crippen LogP contribution < -0.4 is 5.73 Å². The number of nitrogens with zero attached hydrogens (tertiary/aromatic N) is 1. The first-order chi connectivity index (χ1) is 7.11. The van der Waals surface area contributed by atoms with Gasteiger partial charge in [0.15, 0.2) is 0 Å². The molecule has 0 saturated carbocycles. The molecule has 1 aromatic rings. The molecule has 0 heterocycles. The summed E-state index contributed by atoms with van der Waals surface area (Å²) >= 11 is 3.25. The van der Waals surface area contributed by atoms with Crippen molar-refractivity contribution in [2.24, 2.45) is 5.73 Å². The van der Waals surface area contributed by atoms with Crippen LogP contribution in [0.5, 0.6) is 5.75 Å².